The van der Waals surface area contributed by atoms with E-state index >= 15 is 0 Å². The number of hydrogen-bond acceptors (Lipinski definition) is 4. The Bertz CT molecular complexity index is 558. The monoisotopic (exact) mass is 316 g/mol. The third-order valence-electron chi connectivity index (χ3n) is 4.58. The number of hydrogen-bond donors (Lipinski definition) is 2. The smallest absolute Gasteiger partial charge is 0.0922 e. The van der Waals surface area contributed by atoms with Crippen LogP contribution in [0, 0.1) is 0 Å². The Hall–Kier alpha value is -1.20. The molecule has 0 bridgehead atoms. The van der Waals surface area contributed by atoms with E-state index < -0.39 is 6.10 Å². The normalized spacial score (nSPS) is 21.8. The maximum atomic E-state index is 10.2. The summed E-state index contributed by atoms with van der Waals surface area (Å²) < 4.78 is 0. The molecule has 0 aliphatic carbocycles. The highest BCUT2D eigenvalue weighted by molar-refractivity contribution is 7.07. The van der Waals surface area contributed by atoms with Crippen LogP contribution in [0.2, 0.25) is 0 Å². The summed E-state index contributed by atoms with van der Waals surface area (Å²) in [6.07, 6.45) is 0.750. The molecule has 0 saturated carbocycles. The summed E-state index contributed by atoms with van der Waals surface area (Å²) in [6.45, 7) is 5.07. The van der Waals surface area contributed by atoms with E-state index in [1.165, 1.54) is 5.56 Å². The molecule has 2 aromatic rings. The molecule has 3 atom stereocenters. The van der Waals surface area contributed by atoms with Crippen LogP contribution < -0.4 is 5.32 Å². The molecule has 118 valence electrons. The van der Waals surface area contributed by atoms with Gasteiger partial charge in [0.2, 0.25) is 0 Å². The molecular formula is C18H24N2OS. The summed E-state index contributed by atoms with van der Waals surface area (Å²) in [4.78, 5) is 2.52. The summed E-state index contributed by atoms with van der Waals surface area (Å²) in [7, 11) is 0. The lowest BCUT2D eigenvalue weighted by Crippen LogP contribution is -2.35. The molecule has 2 heterocycles. The first-order chi connectivity index (χ1) is 10.7. The van der Waals surface area contributed by atoms with Crippen molar-refractivity contribution in [1.29, 1.82) is 0 Å². The van der Waals surface area contributed by atoms with Crippen LogP contribution in [0.25, 0.3) is 0 Å². The van der Waals surface area contributed by atoms with Crippen LogP contribution in [-0.2, 0) is 0 Å². The zero-order chi connectivity index (χ0) is 15.4. The molecule has 1 saturated heterocycles. The molecule has 4 heteroatoms. The first-order valence-electron chi connectivity index (χ1n) is 7.96. The van der Waals surface area contributed by atoms with Gasteiger partial charge in [-0.25, -0.2) is 0 Å². The van der Waals surface area contributed by atoms with Gasteiger partial charge in [-0.2, -0.15) is 11.3 Å². The molecular weight excluding hydrogens is 292 g/mol. The van der Waals surface area contributed by atoms with Gasteiger partial charge in [0.15, 0.2) is 0 Å². The van der Waals surface area contributed by atoms with Crippen LogP contribution in [-0.4, -0.2) is 35.7 Å². The van der Waals surface area contributed by atoms with E-state index in [1.807, 2.05) is 16.8 Å². The maximum absolute atomic E-state index is 10.2. The highest BCUT2D eigenvalue weighted by Crippen LogP contribution is 2.24. The van der Waals surface area contributed by atoms with E-state index in [0.717, 1.165) is 25.1 Å². The summed E-state index contributed by atoms with van der Waals surface area (Å²) in [5.41, 5.74) is 2.39. The van der Waals surface area contributed by atoms with Gasteiger partial charge in [0.1, 0.15) is 0 Å². The standard InChI is InChI=1S/C18H24N2OS/c1-14(15-5-3-2-4-6-15)20-9-7-17(12-20)19-11-18(21)16-8-10-22-13-16/h2-6,8,10,13-14,17-19,21H,7,9,11-12H2,1H3. The molecule has 0 amide bonds. The number of aliphatic hydroxyl groups is 1. The fraction of sp³-hybridized carbons (Fsp3) is 0.444. The minimum Gasteiger partial charge on any atom is -0.387 e. The zero-order valence-electron chi connectivity index (χ0n) is 13.0. The second-order valence-electron chi connectivity index (χ2n) is 6.05. The Labute approximate surface area is 136 Å². The molecule has 2 N–H and O–H groups in total. The number of aliphatic hydroxyl groups excluding tert-OH is 1. The lowest BCUT2D eigenvalue weighted by Gasteiger charge is -2.25. The maximum Gasteiger partial charge on any atom is 0.0922 e. The van der Waals surface area contributed by atoms with Gasteiger partial charge in [0.05, 0.1) is 6.10 Å². The van der Waals surface area contributed by atoms with Crippen molar-refractivity contribution >= 4 is 11.3 Å². The zero-order valence-corrected chi connectivity index (χ0v) is 13.8. The number of likely N-dealkylation sites (tertiary alicyclic amines) is 1. The largest absolute Gasteiger partial charge is 0.387 e. The molecule has 1 aliphatic rings. The van der Waals surface area contributed by atoms with Crippen molar-refractivity contribution in [2.45, 2.75) is 31.5 Å². The molecule has 3 rings (SSSR count). The SMILES string of the molecule is CC(c1ccccc1)N1CCC(NCC(O)c2ccsc2)C1. The van der Waals surface area contributed by atoms with Gasteiger partial charge in [0, 0.05) is 31.7 Å². The van der Waals surface area contributed by atoms with Crippen molar-refractivity contribution in [3.05, 3.63) is 58.3 Å². The third-order valence-corrected chi connectivity index (χ3v) is 5.28. The molecule has 22 heavy (non-hydrogen) atoms. The van der Waals surface area contributed by atoms with Crippen molar-refractivity contribution in [3.63, 3.8) is 0 Å². The Kier molecular flexibility index (Phi) is 5.26. The lowest BCUT2D eigenvalue weighted by atomic mass is 10.1. The number of rotatable bonds is 6. The van der Waals surface area contributed by atoms with Crippen LogP contribution >= 0.6 is 11.3 Å². The second-order valence-corrected chi connectivity index (χ2v) is 6.83. The van der Waals surface area contributed by atoms with Crippen molar-refractivity contribution in [2.24, 2.45) is 0 Å². The number of benzene rings is 1. The molecule has 1 aromatic heterocycles. The molecule has 1 fully saturated rings. The Morgan fingerprint density at radius 3 is 2.82 bits per heavy atom. The van der Waals surface area contributed by atoms with Gasteiger partial charge >= 0.3 is 0 Å². The summed E-state index contributed by atoms with van der Waals surface area (Å²) in [5.74, 6) is 0. The van der Waals surface area contributed by atoms with Gasteiger partial charge in [-0.05, 0) is 41.3 Å². The summed E-state index contributed by atoms with van der Waals surface area (Å²) in [6, 6.07) is 13.6. The van der Waals surface area contributed by atoms with Gasteiger partial charge in [-0.1, -0.05) is 30.3 Å². The van der Waals surface area contributed by atoms with Gasteiger partial charge in [-0.15, -0.1) is 0 Å². The van der Waals surface area contributed by atoms with E-state index in [1.54, 1.807) is 11.3 Å². The van der Waals surface area contributed by atoms with Crippen LogP contribution in [0.5, 0.6) is 0 Å². The number of nitrogens with one attached hydrogen (secondary N) is 1. The average molecular weight is 316 g/mol. The second kappa shape index (κ2) is 7.38. The predicted octanol–water partition coefficient (Wildman–Crippen LogP) is 3.21. The minimum absolute atomic E-state index is 0.396. The minimum atomic E-state index is -0.396. The van der Waals surface area contributed by atoms with Gasteiger partial charge < -0.3 is 10.4 Å². The van der Waals surface area contributed by atoms with Gasteiger partial charge in [0.25, 0.3) is 0 Å². The van der Waals surface area contributed by atoms with E-state index in [9.17, 15) is 5.11 Å². The third kappa shape index (κ3) is 3.76. The molecule has 0 radical (unpaired) electrons. The quantitative estimate of drug-likeness (QED) is 0.859. The van der Waals surface area contributed by atoms with Crippen molar-refractivity contribution < 1.29 is 5.11 Å². The lowest BCUT2D eigenvalue weighted by molar-refractivity contribution is 0.169. The van der Waals surface area contributed by atoms with Gasteiger partial charge in [-0.3, -0.25) is 4.90 Å². The van der Waals surface area contributed by atoms with Crippen LogP contribution in [0.1, 0.15) is 36.6 Å². The van der Waals surface area contributed by atoms with Crippen LogP contribution in [0.4, 0.5) is 0 Å². The highest BCUT2D eigenvalue weighted by atomic mass is 32.1. The fourth-order valence-corrected chi connectivity index (χ4v) is 3.82. The van der Waals surface area contributed by atoms with Crippen molar-refractivity contribution in [2.75, 3.05) is 19.6 Å². The topological polar surface area (TPSA) is 35.5 Å². The summed E-state index contributed by atoms with van der Waals surface area (Å²) in [5, 5.41) is 17.7. The first kappa shape index (κ1) is 15.7. The van der Waals surface area contributed by atoms with Crippen molar-refractivity contribution in [3.8, 4) is 0 Å². The number of thiophene rings is 1. The predicted molar refractivity (Wildman–Crippen MR) is 92.1 cm³/mol. The van der Waals surface area contributed by atoms with E-state index in [2.05, 4.69) is 47.5 Å². The van der Waals surface area contributed by atoms with E-state index in [-0.39, 0.29) is 0 Å². The Morgan fingerprint density at radius 2 is 2.09 bits per heavy atom. The van der Waals surface area contributed by atoms with Crippen molar-refractivity contribution in [1.82, 2.24) is 10.2 Å². The molecule has 1 aromatic carbocycles. The highest BCUT2D eigenvalue weighted by Gasteiger charge is 2.26. The van der Waals surface area contributed by atoms with Crippen LogP contribution in [0.3, 0.4) is 0 Å². The number of nitrogens with zero attached hydrogens (tertiary/aromatic N) is 1. The molecule has 3 nitrogen and oxygen atoms in total. The first-order valence-corrected chi connectivity index (χ1v) is 8.91. The summed E-state index contributed by atoms with van der Waals surface area (Å²) >= 11 is 1.63. The Morgan fingerprint density at radius 1 is 1.27 bits per heavy atom. The van der Waals surface area contributed by atoms with E-state index in [4.69, 9.17) is 0 Å². The average Bonchev–Trinajstić information content (AvgIpc) is 3.24. The molecule has 1 aliphatic heterocycles. The fourth-order valence-electron chi connectivity index (χ4n) is 3.11. The molecule has 3 unspecified atom stereocenters. The molecule has 0 spiro atoms. The Balaban J connectivity index is 1.48. The van der Waals surface area contributed by atoms with Crippen LogP contribution in [0.15, 0.2) is 47.2 Å². The van der Waals surface area contributed by atoms with E-state index in [0.29, 0.717) is 18.6 Å².